The third-order valence-corrected chi connectivity index (χ3v) is 5.03. The predicted octanol–water partition coefficient (Wildman–Crippen LogP) is 3.03. The molecule has 3 aromatic rings. The van der Waals surface area contributed by atoms with Crippen LogP contribution in [0.4, 0.5) is 5.69 Å². The number of carbonyl (C=O) groups is 1. The Kier molecular flexibility index (Phi) is 3.68. The van der Waals surface area contributed by atoms with E-state index in [1.165, 1.54) is 9.58 Å². The summed E-state index contributed by atoms with van der Waals surface area (Å²) in [5.41, 5.74) is 0.350. The first-order chi connectivity index (χ1) is 11.9. The Bertz CT molecular complexity index is 989. The number of rotatable bonds is 2. The number of aliphatic hydroxyl groups is 1. The zero-order chi connectivity index (χ0) is 17.8. The van der Waals surface area contributed by atoms with Gasteiger partial charge in [-0.3, -0.25) is 4.79 Å². The van der Waals surface area contributed by atoms with E-state index in [2.05, 4.69) is 26.2 Å². The van der Waals surface area contributed by atoms with Crippen LogP contribution in [0.5, 0.6) is 0 Å². The second-order valence-corrected chi connectivity index (χ2v) is 7.11. The Morgan fingerprint density at radius 1 is 1.20 bits per heavy atom. The summed E-state index contributed by atoms with van der Waals surface area (Å²) < 4.78 is 2.11. The average Bonchev–Trinajstić information content (AvgIpc) is 3.16. The van der Waals surface area contributed by atoms with Crippen LogP contribution in [-0.4, -0.2) is 33.1 Å². The quantitative estimate of drug-likeness (QED) is 0.693. The van der Waals surface area contributed by atoms with Crippen LogP contribution in [0.2, 0.25) is 5.02 Å². The van der Waals surface area contributed by atoms with E-state index >= 15 is 0 Å². The van der Waals surface area contributed by atoms with Gasteiger partial charge in [0.1, 0.15) is 5.69 Å². The number of anilines is 1. The molecule has 1 N–H and O–H groups in total. The summed E-state index contributed by atoms with van der Waals surface area (Å²) in [6, 6.07) is 12.4. The van der Waals surface area contributed by atoms with Crippen molar-refractivity contribution in [2.45, 2.75) is 5.72 Å². The lowest BCUT2D eigenvalue weighted by Crippen LogP contribution is -2.44. The van der Waals surface area contributed by atoms with Gasteiger partial charge in [0.15, 0.2) is 0 Å². The number of carbonyl (C=O) groups excluding carboxylic acids is 1. The minimum absolute atomic E-state index is 0.375. The Labute approximate surface area is 156 Å². The van der Waals surface area contributed by atoms with Gasteiger partial charge < -0.3 is 10.0 Å². The van der Waals surface area contributed by atoms with Crippen LogP contribution in [0.25, 0.3) is 11.3 Å². The van der Waals surface area contributed by atoms with Crippen molar-refractivity contribution in [2.75, 3.05) is 11.9 Å². The molecule has 6 nitrogen and oxygen atoms in total. The van der Waals surface area contributed by atoms with E-state index in [1.807, 2.05) is 24.3 Å². The monoisotopic (exact) mass is 418 g/mol. The molecule has 2 aromatic carbocycles. The molecule has 8 heteroatoms. The van der Waals surface area contributed by atoms with Gasteiger partial charge in [0, 0.05) is 27.7 Å². The summed E-state index contributed by atoms with van der Waals surface area (Å²) in [5.74, 6) is -0.517. The highest BCUT2D eigenvalue weighted by Crippen LogP contribution is 2.41. The topological polar surface area (TPSA) is 71.2 Å². The van der Waals surface area contributed by atoms with E-state index in [1.54, 1.807) is 31.4 Å². The average molecular weight is 420 g/mol. The molecule has 1 aliphatic rings. The van der Waals surface area contributed by atoms with E-state index in [9.17, 15) is 9.90 Å². The second kappa shape index (κ2) is 5.66. The summed E-state index contributed by atoms with van der Waals surface area (Å²) in [6.45, 7) is 0. The van der Waals surface area contributed by atoms with Crippen LogP contribution in [-0.2, 0) is 10.5 Å². The van der Waals surface area contributed by atoms with Crippen molar-refractivity contribution in [2.24, 2.45) is 0 Å². The Balaban J connectivity index is 1.83. The summed E-state index contributed by atoms with van der Waals surface area (Å²) in [6.07, 6.45) is 1.55. The van der Waals surface area contributed by atoms with Crippen LogP contribution >= 0.6 is 27.5 Å². The standard InChI is InChI=1S/C17H12BrClN4O2/c1-22-15-7-6-12(19)8-13(15)17(25,16(22)24)23-9-14(20-21-23)10-2-4-11(18)5-3-10/h2-9,25H,1H3. The first kappa shape index (κ1) is 16.3. The van der Waals surface area contributed by atoms with Crippen LogP contribution in [0, 0.1) is 0 Å². The lowest BCUT2D eigenvalue weighted by molar-refractivity contribution is -0.140. The van der Waals surface area contributed by atoms with Crippen molar-refractivity contribution in [1.29, 1.82) is 0 Å². The summed E-state index contributed by atoms with van der Waals surface area (Å²) in [4.78, 5) is 14.1. The molecule has 0 saturated carbocycles. The Morgan fingerprint density at radius 3 is 2.64 bits per heavy atom. The van der Waals surface area contributed by atoms with Gasteiger partial charge in [-0.25, -0.2) is 4.68 Å². The lowest BCUT2D eigenvalue weighted by Gasteiger charge is -2.21. The molecule has 0 fully saturated rings. The molecule has 0 aliphatic carbocycles. The van der Waals surface area contributed by atoms with Gasteiger partial charge in [0.05, 0.1) is 11.9 Å². The lowest BCUT2D eigenvalue weighted by atomic mass is 10.0. The maximum Gasteiger partial charge on any atom is 0.287 e. The van der Waals surface area contributed by atoms with Crippen molar-refractivity contribution in [3.05, 3.63) is 63.7 Å². The first-order valence-electron chi connectivity index (χ1n) is 7.40. The van der Waals surface area contributed by atoms with E-state index in [4.69, 9.17) is 11.6 Å². The fourth-order valence-electron chi connectivity index (χ4n) is 2.93. The minimum Gasteiger partial charge on any atom is -0.358 e. The number of fused-ring (bicyclic) bond motifs is 1. The molecule has 126 valence electrons. The van der Waals surface area contributed by atoms with Crippen LogP contribution in [0.15, 0.2) is 53.1 Å². The molecule has 1 aromatic heterocycles. The molecule has 1 atom stereocenters. The SMILES string of the molecule is CN1C(=O)C(O)(n2cc(-c3ccc(Br)cc3)nn2)c2cc(Cl)ccc21. The molecular formula is C17H12BrClN4O2. The Morgan fingerprint density at radius 2 is 1.92 bits per heavy atom. The van der Waals surface area contributed by atoms with Crippen LogP contribution in [0.3, 0.4) is 0 Å². The highest BCUT2D eigenvalue weighted by molar-refractivity contribution is 9.10. The normalized spacial score (nSPS) is 19.4. The molecule has 0 bridgehead atoms. The molecule has 1 unspecified atom stereocenters. The number of hydrogen-bond donors (Lipinski definition) is 1. The summed E-state index contributed by atoms with van der Waals surface area (Å²) >= 11 is 9.44. The number of halogens is 2. The highest BCUT2D eigenvalue weighted by Gasteiger charge is 2.51. The zero-order valence-corrected chi connectivity index (χ0v) is 15.4. The van der Waals surface area contributed by atoms with Gasteiger partial charge in [-0.2, -0.15) is 0 Å². The van der Waals surface area contributed by atoms with Crippen LogP contribution < -0.4 is 4.90 Å². The highest BCUT2D eigenvalue weighted by atomic mass is 79.9. The molecule has 25 heavy (non-hydrogen) atoms. The van der Waals surface area contributed by atoms with E-state index < -0.39 is 11.6 Å². The molecular weight excluding hydrogens is 408 g/mol. The molecule has 2 heterocycles. The van der Waals surface area contributed by atoms with Gasteiger partial charge in [-0.15, -0.1) is 5.10 Å². The minimum atomic E-state index is -1.98. The zero-order valence-electron chi connectivity index (χ0n) is 13.0. The van der Waals surface area contributed by atoms with Gasteiger partial charge in [0.2, 0.25) is 0 Å². The predicted molar refractivity (Wildman–Crippen MR) is 97.3 cm³/mol. The Hall–Kier alpha value is -2.22. The number of nitrogens with zero attached hydrogens (tertiary/aromatic N) is 4. The van der Waals surface area contributed by atoms with E-state index in [-0.39, 0.29) is 0 Å². The van der Waals surface area contributed by atoms with Crippen molar-refractivity contribution in [3.63, 3.8) is 0 Å². The number of likely N-dealkylation sites (N-methyl/N-ethyl adjacent to an activating group) is 1. The molecule has 4 rings (SSSR count). The van der Waals surface area contributed by atoms with Gasteiger partial charge in [-0.1, -0.05) is 44.9 Å². The van der Waals surface area contributed by atoms with E-state index in [0.29, 0.717) is 22.0 Å². The molecule has 0 spiro atoms. The second-order valence-electron chi connectivity index (χ2n) is 5.75. The maximum absolute atomic E-state index is 12.7. The molecule has 0 radical (unpaired) electrons. The van der Waals surface area contributed by atoms with Crippen molar-refractivity contribution >= 4 is 39.1 Å². The van der Waals surface area contributed by atoms with Crippen molar-refractivity contribution < 1.29 is 9.90 Å². The van der Waals surface area contributed by atoms with Gasteiger partial charge in [0.25, 0.3) is 11.6 Å². The summed E-state index contributed by atoms with van der Waals surface area (Å²) in [5, 5.41) is 19.7. The van der Waals surface area contributed by atoms with Crippen LogP contribution in [0.1, 0.15) is 5.56 Å². The third-order valence-electron chi connectivity index (χ3n) is 4.26. The van der Waals surface area contributed by atoms with Gasteiger partial charge in [-0.05, 0) is 30.3 Å². The van der Waals surface area contributed by atoms with Crippen molar-refractivity contribution in [3.8, 4) is 11.3 Å². The number of aromatic nitrogens is 3. The van der Waals surface area contributed by atoms with E-state index in [0.717, 1.165) is 10.0 Å². The van der Waals surface area contributed by atoms with Crippen molar-refractivity contribution in [1.82, 2.24) is 15.0 Å². The third kappa shape index (κ3) is 2.38. The molecule has 1 amide bonds. The number of hydrogen-bond acceptors (Lipinski definition) is 4. The first-order valence-corrected chi connectivity index (χ1v) is 8.57. The molecule has 0 saturated heterocycles. The maximum atomic E-state index is 12.7. The van der Waals surface area contributed by atoms with Gasteiger partial charge >= 0.3 is 0 Å². The fourth-order valence-corrected chi connectivity index (χ4v) is 3.37. The number of amides is 1. The smallest absolute Gasteiger partial charge is 0.287 e. The fraction of sp³-hybridized carbons (Fsp3) is 0.118. The summed E-state index contributed by atoms with van der Waals surface area (Å²) in [7, 11) is 1.60. The molecule has 1 aliphatic heterocycles. The largest absolute Gasteiger partial charge is 0.358 e. The number of benzene rings is 2.